The fourth-order valence-electron chi connectivity index (χ4n) is 5.38. The van der Waals surface area contributed by atoms with Crippen LogP contribution in [-0.2, 0) is 19.2 Å². The van der Waals surface area contributed by atoms with Gasteiger partial charge in [0.1, 0.15) is 17.2 Å². The molecular formula is C23H28N4O2. The molecule has 1 aliphatic heterocycles. The average molecular weight is 393 g/mol. The first-order valence-electron chi connectivity index (χ1n) is 10.4. The summed E-state index contributed by atoms with van der Waals surface area (Å²) in [6, 6.07) is 10.2. The van der Waals surface area contributed by atoms with Gasteiger partial charge in [0.05, 0.1) is 18.3 Å². The van der Waals surface area contributed by atoms with Gasteiger partial charge in [0.25, 0.3) is 0 Å². The third kappa shape index (κ3) is 3.11. The summed E-state index contributed by atoms with van der Waals surface area (Å²) in [6.07, 6.45) is 7.00. The highest BCUT2D eigenvalue weighted by Gasteiger charge is 2.53. The lowest BCUT2D eigenvalue weighted by Gasteiger charge is -2.52. The second-order valence-electron chi connectivity index (χ2n) is 8.57. The van der Waals surface area contributed by atoms with Crippen LogP contribution < -0.4 is 4.74 Å². The summed E-state index contributed by atoms with van der Waals surface area (Å²) in [6.45, 7) is 2.57. The maximum Gasteiger partial charge on any atom is 0.141 e. The van der Waals surface area contributed by atoms with E-state index in [1.165, 1.54) is 6.42 Å². The van der Waals surface area contributed by atoms with Gasteiger partial charge in [-0.05, 0) is 37.1 Å². The molecule has 2 atom stereocenters. The molecule has 1 aromatic carbocycles. The van der Waals surface area contributed by atoms with Gasteiger partial charge in [-0.25, -0.2) is 4.98 Å². The number of pyridine rings is 1. The molecule has 2 bridgehead atoms. The Morgan fingerprint density at radius 3 is 2.66 bits per heavy atom. The van der Waals surface area contributed by atoms with Crippen molar-refractivity contribution in [3.8, 4) is 5.75 Å². The molecule has 0 radical (unpaired) electrons. The number of hydrogen-bond acceptors (Lipinski definition) is 5. The first kappa shape index (κ1) is 18.6. The number of imidazole rings is 1. The first-order valence-corrected chi connectivity index (χ1v) is 10.4. The Morgan fingerprint density at radius 1 is 1.17 bits per heavy atom. The molecule has 6 nitrogen and oxygen atoms in total. The van der Waals surface area contributed by atoms with Crippen molar-refractivity contribution in [1.29, 1.82) is 0 Å². The Balaban J connectivity index is 1.38. The van der Waals surface area contributed by atoms with Gasteiger partial charge in [-0.15, -0.1) is 0 Å². The highest BCUT2D eigenvalue weighted by Crippen LogP contribution is 2.48. The van der Waals surface area contributed by atoms with E-state index in [0.29, 0.717) is 0 Å². The van der Waals surface area contributed by atoms with E-state index in [0.717, 1.165) is 60.6 Å². The molecule has 2 unspecified atom stereocenters. The average Bonchev–Trinajstić information content (AvgIpc) is 3.15. The number of nitrogens with zero attached hydrogens (tertiary/aromatic N) is 4. The van der Waals surface area contributed by atoms with E-state index in [-0.39, 0.29) is 11.8 Å². The van der Waals surface area contributed by atoms with Gasteiger partial charge < -0.3 is 14.4 Å². The van der Waals surface area contributed by atoms with Crippen LogP contribution in [0.1, 0.15) is 30.8 Å². The lowest BCUT2D eigenvalue weighted by molar-refractivity contribution is -0.155. The summed E-state index contributed by atoms with van der Waals surface area (Å²) in [5.41, 5.74) is 1.24. The topological polar surface area (TPSA) is 63.4 Å². The van der Waals surface area contributed by atoms with Crippen molar-refractivity contribution in [2.45, 2.75) is 31.4 Å². The Kier molecular flexibility index (Phi) is 4.56. The fourth-order valence-corrected chi connectivity index (χ4v) is 5.38. The van der Waals surface area contributed by atoms with Gasteiger partial charge in [0.2, 0.25) is 0 Å². The van der Waals surface area contributed by atoms with Crippen molar-refractivity contribution in [3.05, 3.63) is 54.2 Å². The molecule has 29 heavy (non-hydrogen) atoms. The van der Waals surface area contributed by atoms with Gasteiger partial charge in [0.15, 0.2) is 0 Å². The van der Waals surface area contributed by atoms with Crippen LogP contribution in [0.4, 0.5) is 0 Å². The normalized spacial score (nSPS) is 27.3. The van der Waals surface area contributed by atoms with E-state index in [4.69, 9.17) is 9.72 Å². The molecule has 1 saturated heterocycles. The molecule has 3 heterocycles. The summed E-state index contributed by atoms with van der Waals surface area (Å²) in [7, 11) is 3.67. The van der Waals surface area contributed by atoms with Crippen LogP contribution in [0.15, 0.2) is 42.7 Å². The Hall–Kier alpha value is -2.44. The number of benzene rings is 1. The molecule has 2 aromatic heterocycles. The smallest absolute Gasteiger partial charge is 0.141 e. The number of aliphatic hydroxyl groups is 1. The molecular weight excluding hydrogens is 364 g/mol. The zero-order valence-electron chi connectivity index (χ0n) is 17.1. The molecule has 1 saturated carbocycles. The molecule has 5 rings (SSSR count). The standard InChI is InChI=1S/C23H28N4O2/c1-26-11-10-24-22(26)23(28)17-4-3-5-18(23)14-27(13-17)15-19-7-6-16-12-20(29-2)8-9-21(16)25-19/h6-12,17-18,28H,3-5,13-15H2,1-2H3. The number of piperidine rings is 1. The molecule has 152 valence electrons. The third-order valence-corrected chi connectivity index (χ3v) is 6.83. The van der Waals surface area contributed by atoms with Gasteiger partial charge in [-0.1, -0.05) is 12.5 Å². The van der Waals surface area contributed by atoms with Crippen LogP contribution in [0, 0.1) is 11.8 Å². The van der Waals surface area contributed by atoms with Crippen molar-refractivity contribution in [1.82, 2.24) is 19.4 Å². The third-order valence-electron chi connectivity index (χ3n) is 6.83. The SMILES string of the molecule is COc1ccc2nc(CN3CC4CCCC(C3)C4(O)c3nccn3C)ccc2c1. The van der Waals surface area contributed by atoms with Gasteiger partial charge >= 0.3 is 0 Å². The first-order chi connectivity index (χ1) is 14.1. The minimum absolute atomic E-state index is 0.209. The minimum Gasteiger partial charge on any atom is -0.497 e. The Bertz CT molecular complexity index is 1020. The van der Waals surface area contributed by atoms with E-state index < -0.39 is 5.60 Å². The lowest BCUT2D eigenvalue weighted by Crippen LogP contribution is -2.58. The van der Waals surface area contributed by atoms with Crippen LogP contribution in [0.25, 0.3) is 10.9 Å². The molecule has 1 aliphatic carbocycles. The van der Waals surface area contributed by atoms with Crippen molar-refractivity contribution < 1.29 is 9.84 Å². The number of likely N-dealkylation sites (tertiary alicyclic amines) is 1. The van der Waals surface area contributed by atoms with E-state index in [9.17, 15) is 5.11 Å². The highest BCUT2D eigenvalue weighted by atomic mass is 16.5. The van der Waals surface area contributed by atoms with Crippen molar-refractivity contribution in [3.63, 3.8) is 0 Å². The van der Waals surface area contributed by atoms with E-state index >= 15 is 0 Å². The highest BCUT2D eigenvalue weighted by molar-refractivity contribution is 5.80. The number of fused-ring (bicyclic) bond motifs is 3. The maximum absolute atomic E-state index is 11.7. The van der Waals surface area contributed by atoms with Crippen LogP contribution >= 0.6 is 0 Å². The molecule has 2 aliphatic rings. The van der Waals surface area contributed by atoms with Crippen molar-refractivity contribution in [2.75, 3.05) is 20.2 Å². The molecule has 0 amide bonds. The number of hydrogen-bond donors (Lipinski definition) is 1. The van der Waals surface area contributed by atoms with E-state index in [2.05, 4.69) is 22.0 Å². The Labute approximate surface area is 171 Å². The van der Waals surface area contributed by atoms with Gasteiger partial charge in [0, 0.05) is 56.3 Å². The zero-order valence-corrected chi connectivity index (χ0v) is 17.1. The second kappa shape index (κ2) is 7.11. The van der Waals surface area contributed by atoms with Crippen LogP contribution in [0.5, 0.6) is 5.75 Å². The molecule has 6 heteroatoms. The van der Waals surface area contributed by atoms with E-state index in [1.54, 1.807) is 13.3 Å². The molecule has 3 aromatic rings. The van der Waals surface area contributed by atoms with Crippen LogP contribution in [0.2, 0.25) is 0 Å². The predicted molar refractivity (Wildman–Crippen MR) is 112 cm³/mol. The number of aromatic nitrogens is 3. The number of ether oxygens (including phenoxy) is 1. The van der Waals surface area contributed by atoms with Gasteiger partial charge in [-0.2, -0.15) is 0 Å². The fraction of sp³-hybridized carbons (Fsp3) is 0.478. The summed E-state index contributed by atoms with van der Waals surface area (Å²) in [5, 5.41) is 12.8. The molecule has 1 N–H and O–H groups in total. The predicted octanol–water partition coefficient (Wildman–Crippen LogP) is 3.10. The van der Waals surface area contributed by atoms with Crippen molar-refractivity contribution >= 4 is 10.9 Å². The zero-order chi connectivity index (χ0) is 20.0. The van der Waals surface area contributed by atoms with Crippen LogP contribution in [0.3, 0.4) is 0 Å². The number of methoxy groups -OCH3 is 1. The maximum atomic E-state index is 11.7. The minimum atomic E-state index is -0.819. The summed E-state index contributed by atoms with van der Waals surface area (Å²) in [4.78, 5) is 11.8. The number of rotatable bonds is 4. The summed E-state index contributed by atoms with van der Waals surface area (Å²) in [5.74, 6) is 2.09. The van der Waals surface area contributed by atoms with E-state index in [1.807, 2.05) is 36.0 Å². The van der Waals surface area contributed by atoms with Crippen molar-refractivity contribution in [2.24, 2.45) is 18.9 Å². The molecule has 0 spiro atoms. The monoisotopic (exact) mass is 392 g/mol. The Morgan fingerprint density at radius 2 is 1.97 bits per heavy atom. The lowest BCUT2D eigenvalue weighted by atomic mass is 9.65. The molecule has 2 fully saturated rings. The summed E-state index contributed by atoms with van der Waals surface area (Å²) >= 11 is 0. The van der Waals surface area contributed by atoms with Crippen LogP contribution in [-0.4, -0.2) is 44.7 Å². The second-order valence-corrected chi connectivity index (χ2v) is 8.57. The largest absolute Gasteiger partial charge is 0.497 e. The quantitative estimate of drug-likeness (QED) is 0.739. The van der Waals surface area contributed by atoms with Gasteiger partial charge in [-0.3, -0.25) is 9.88 Å². The summed E-state index contributed by atoms with van der Waals surface area (Å²) < 4.78 is 7.29. The number of aryl methyl sites for hydroxylation is 1.